The summed E-state index contributed by atoms with van der Waals surface area (Å²) in [6.07, 6.45) is 6.83. The highest BCUT2D eigenvalue weighted by Crippen LogP contribution is 2.10. The zero-order valence-corrected chi connectivity index (χ0v) is 12.2. The van der Waals surface area contributed by atoms with Gasteiger partial charge in [-0.25, -0.2) is 4.98 Å². The van der Waals surface area contributed by atoms with Gasteiger partial charge < -0.3 is 4.90 Å². The minimum atomic E-state index is 0.729. The molecule has 6 heteroatoms. The summed E-state index contributed by atoms with van der Waals surface area (Å²) < 4.78 is 0. The van der Waals surface area contributed by atoms with Crippen molar-refractivity contribution in [3.8, 4) is 0 Å². The van der Waals surface area contributed by atoms with E-state index in [0.717, 1.165) is 28.9 Å². The summed E-state index contributed by atoms with van der Waals surface area (Å²) in [5.74, 6) is 0. The van der Waals surface area contributed by atoms with Crippen molar-refractivity contribution in [2.45, 2.75) is 32.6 Å². The number of hydrogen-bond donors (Lipinski definition) is 1. The van der Waals surface area contributed by atoms with Gasteiger partial charge in [0.2, 0.25) is 0 Å². The van der Waals surface area contributed by atoms with E-state index in [1.807, 2.05) is 12.3 Å². The van der Waals surface area contributed by atoms with Gasteiger partial charge in [-0.1, -0.05) is 12.8 Å². The van der Waals surface area contributed by atoms with Gasteiger partial charge in [-0.3, -0.25) is 5.43 Å². The van der Waals surface area contributed by atoms with Crippen LogP contribution >= 0.6 is 23.6 Å². The molecule has 1 saturated heterocycles. The smallest absolute Gasteiger partial charge is 0.189 e. The highest BCUT2D eigenvalue weighted by atomic mass is 32.1. The van der Waals surface area contributed by atoms with Crippen LogP contribution in [0.5, 0.6) is 0 Å². The van der Waals surface area contributed by atoms with Crippen molar-refractivity contribution >= 4 is 34.4 Å². The first-order chi connectivity index (χ1) is 8.77. The maximum atomic E-state index is 5.37. The average molecular weight is 282 g/mol. The van der Waals surface area contributed by atoms with Crippen LogP contribution in [0.4, 0.5) is 0 Å². The minimum Gasteiger partial charge on any atom is -0.348 e. The Balaban J connectivity index is 1.89. The molecule has 0 radical (unpaired) electrons. The molecule has 98 valence electrons. The minimum absolute atomic E-state index is 0.729. The van der Waals surface area contributed by atoms with Crippen molar-refractivity contribution in [2.75, 3.05) is 13.1 Å². The predicted molar refractivity (Wildman–Crippen MR) is 80.1 cm³/mol. The molecule has 2 heterocycles. The Labute approximate surface area is 117 Å². The largest absolute Gasteiger partial charge is 0.348 e. The summed E-state index contributed by atoms with van der Waals surface area (Å²) >= 11 is 6.96. The molecule has 1 aromatic rings. The van der Waals surface area contributed by atoms with Gasteiger partial charge in [0.05, 0.1) is 5.71 Å². The van der Waals surface area contributed by atoms with Gasteiger partial charge in [-0.05, 0) is 32.0 Å². The van der Waals surface area contributed by atoms with E-state index in [0.29, 0.717) is 0 Å². The maximum Gasteiger partial charge on any atom is 0.189 e. The van der Waals surface area contributed by atoms with Crippen molar-refractivity contribution in [3.63, 3.8) is 0 Å². The fourth-order valence-electron chi connectivity index (χ4n) is 1.93. The molecule has 0 aliphatic carbocycles. The van der Waals surface area contributed by atoms with Crippen LogP contribution in [0.1, 0.15) is 37.6 Å². The Morgan fingerprint density at radius 1 is 1.39 bits per heavy atom. The zero-order chi connectivity index (χ0) is 12.8. The summed E-state index contributed by atoms with van der Waals surface area (Å²) in [4.78, 5) is 6.42. The molecular weight excluding hydrogens is 264 g/mol. The van der Waals surface area contributed by atoms with Crippen LogP contribution in [0, 0.1) is 0 Å². The summed E-state index contributed by atoms with van der Waals surface area (Å²) in [7, 11) is 0. The third-order valence-corrected chi connectivity index (χ3v) is 4.19. The first-order valence-corrected chi connectivity index (χ1v) is 7.55. The Bertz CT molecular complexity index is 406. The monoisotopic (exact) mass is 282 g/mol. The van der Waals surface area contributed by atoms with Gasteiger partial charge in [0.25, 0.3) is 0 Å². The summed E-state index contributed by atoms with van der Waals surface area (Å²) in [5.41, 5.74) is 3.86. The molecular formula is C12H18N4S2. The number of hydrogen-bond acceptors (Lipinski definition) is 4. The summed E-state index contributed by atoms with van der Waals surface area (Å²) in [6.45, 7) is 4.02. The number of thiocarbonyl (C=S) groups is 1. The van der Waals surface area contributed by atoms with E-state index < -0.39 is 0 Å². The van der Waals surface area contributed by atoms with Crippen LogP contribution in [-0.4, -0.2) is 33.8 Å². The topological polar surface area (TPSA) is 40.5 Å². The molecule has 1 N–H and O–H groups in total. The van der Waals surface area contributed by atoms with E-state index in [4.69, 9.17) is 12.2 Å². The molecule has 0 aromatic carbocycles. The van der Waals surface area contributed by atoms with Crippen LogP contribution in [0.2, 0.25) is 0 Å². The lowest BCUT2D eigenvalue weighted by Gasteiger charge is -2.22. The summed E-state index contributed by atoms with van der Waals surface area (Å²) in [5, 5.41) is 7.91. The molecule has 18 heavy (non-hydrogen) atoms. The number of aromatic nitrogens is 1. The molecule has 0 saturated carbocycles. The Kier molecular flexibility index (Phi) is 5.07. The van der Waals surface area contributed by atoms with E-state index >= 15 is 0 Å². The second kappa shape index (κ2) is 6.80. The molecule has 1 fully saturated rings. The van der Waals surface area contributed by atoms with Crippen molar-refractivity contribution in [1.82, 2.24) is 15.3 Å². The van der Waals surface area contributed by atoms with Crippen LogP contribution in [0.3, 0.4) is 0 Å². The SMILES string of the molecule is CC(=NNC(=S)N1CCCCCC1)c1nccs1. The van der Waals surface area contributed by atoms with Crippen LogP contribution in [0.25, 0.3) is 0 Å². The highest BCUT2D eigenvalue weighted by molar-refractivity contribution is 7.80. The molecule has 2 rings (SSSR count). The third-order valence-electron chi connectivity index (χ3n) is 2.95. The van der Waals surface area contributed by atoms with Crippen molar-refractivity contribution in [2.24, 2.45) is 5.10 Å². The van der Waals surface area contributed by atoms with Gasteiger partial charge in [0.15, 0.2) is 5.11 Å². The standard InChI is InChI=1S/C12H18N4S2/c1-10(11-13-6-9-18-11)14-15-12(17)16-7-4-2-3-5-8-16/h6,9H,2-5,7-8H2,1H3,(H,15,17). The second-order valence-corrected chi connectivity index (χ2v) is 5.63. The van der Waals surface area contributed by atoms with Gasteiger partial charge in [0, 0.05) is 24.7 Å². The average Bonchev–Trinajstić information content (AvgIpc) is 2.78. The first kappa shape index (κ1) is 13.4. The highest BCUT2D eigenvalue weighted by Gasteiger charge is 2.11. The Morgan fingerprint density at radius 2 is 2.11 bits per heavy atom. The summed E-state index contributed by atoms with van der Waals surface area (Å²) in [6, 6.07) is 0. The number of rotatable bonds is 2. The zero-order valence-electron chi connectivity index (χ0n) is 10.6. The molecule has 0 unspecified atom stereocenters. The number of thiazole rings is 1. The Morgan fingerprint density at radius 3 is 2.72 bits per heavy atom. The fraction of sp³-hybridized carbons (Fsp3) is 0.583. The quantitative estimate of drug-likeness (QED) is 0.514. The van der Waals surface area contributed by atoms with E-state index in [-0.39, 0.29) is 0 Å². The number of nitrogens with zero attached hydrogens (tertiary/aromatic N) is 3. The molecule has 0 atom stereocenters. The number of hydrazone groups is 1. The lowest BCUT2D eigenvalue weighted by atomic mass is 10.2. The van der Waals surface area contributed by atoms with Crippen molar-refractivity contribution in [1.29, 1.82) is 0 Å². The van der Waals surface area contributed by atoms with Crippen LogP contribution < -0.4 is 5.43 Å². The molecule has 1 aliphatic heterocycles. The maximum absolute atomic E-state index is 5.37. The van der Waals surface area contributed by atoms with Crippen molar-refractivity contribution in [3.05, 3.63) is 16.6 Å². The van der Waals surface area contributed by atoms with Gasteiger partial charge in [-0.2, -0.15) is 5.10 Å². The predicted octanol–water partition coefficient (Wildman–Crippen LogP) is 2.62. The van der Waals surface area contributed by atoms with E-state index in [1.165, 1.54) is 25.7 Å². The Hall–Kier alpha value is -1.01. The number of nitrogens with one attached hydrogen (secondary N) is 1. The van der Waals surface area contributed by atoms with E-state index in [9.17, 15) is 0 Å². The third kappa shape index (κ3) is 3.74. The van der Waals surface area contributed by atoms with E-state index in [2.05, 4.69) is 20.4 Å². The molecule has 1 aromatic heterocycles. The lowest BCUT2D eigenvalue weighted by molar-refractivity contribution is 0.428. The molecule has 0 spiro atoms. The van der Waals surface area contributed by atoms with Crippen LogP contribution in [-0.2, 0) is 0 Å². The first-order valence-electron chi connectivity index (χ1n) is 6.26. The fourth-order valence-corrected chi connectivity index (χ4v) is 2.74. The lowest BCUT2D eigenvalue weighted by Crippen LogP contribution is -2.38. The molecule has 0 bridgehead atoms. The molecule has 4 nitrogen and oxygen atoms in total. The van der Waals surface area contributed by atoms with Gasteiger partial charge in [0.1, 0.15) is 5.01 Å². The normalized spacial score (nSPS) is 17.4. The van der Waals surface area contributed by atoms with Crippen molar-refractivity contribution < 1.29 is 0 Å². The second-order valence-electron chi connectivity index (χ2n) is 4.35. The number of likely N-dealkylation sites (tertiary alicyclic amines) is 1. The van der Waals surface area contributed by atoms with Crippen LogP contribution in [0.15, 0.2) is 16.7 Å². The molecule has 0 amide bonds. The van der Waals surface area contributed by atoms with Gasteiger partial charge >= 0.3 is 0 Å². The molecule has 1 aliphatic rings. The van der Waals surface area contributed by atoms with Gasteiger partial charge in [-0.15, -0.1) is 11.3 Å². The van der Waals surface area contributed by atoms with E-state index in [1.54, 1.807) is 17.5 Å².